The number of rotatable bonds is 5. The second-order valence-corrected chi connectivity index (χ2v) is 8.30. The summed E-state index contributed by atoms with van der Waals surface area (Å²) in [6.45, 7) is 11.6. The SMILES string of the molecule is Cc1nc(CCN[C@H](C)[C@@H]2CCCN2C(=O)OC(C)(C)C)cs1. The van der Waals surface area contributed by atoms with Gasteiger partial charge in [-0.3, -0.25) is 0 Å². The van der Waals surface area contributed by atoms with Gasteiger partial charge in [0.05, 0.1) is 16.7 Å². The fourth-order valence-corrected chi connectivity index (χ4v) is 3.59. The highest BCUT2D eigenvalue weighted by Gasteiger charge is 2.35. The smallest absolute Gasteiger partial charge is 0.410 e. The van der Waals surface area contributed by atoms with Gasteiger partial charge in [0.2, 0.25) is 0 Å². The van der Waals surface area contributed by atoms with Crippen molar-refractivity contribution in [1.29, 1.82) is 0 Å². The Morgan fingerprint density at radius 2 is 2.30 bits per heavy atom. The number of nitrogens with one attached hydrogen (secondary N) is 1. The van der Waals surface area contributed by atoms with E-state index in [1.165, 1.54) is 0 Å². The lowest BCUT2D eigenvalue weighted by molar-refractivity contribution is 0.0201. The van der Waals surface area contributed by atoms with Crippen molar-refractivity contribution in [3.8, 4) is 0 Å². The molecule has 1 aromatic heterocycles. The van der Waals surface area contributed by atoms with Gasteiger partial charge in [-0.15, -0.1) is 11.3 Å². The van der Waals surface area contributed by atoms with Gasteiger partial charge in [-0.1, -0.05) is 0 Å². The molecule has 1 N–H and O–H groups in total. The molecule has 2 rings (SSSR count). The van der Waals surface area contributed by atoms with Crippen molar-refractivity contribution in [3.05, 3.63) is 16.1 Å². The molecular formula is C17H29N3O2S. The highest BCUT2D eigenvalue weighted by Crippen LogP contribution is 2.23. The topological polar surface area (TPSA) is 54.5 Å². The van der Waals surface area contributed by atoms with E-state index in [1.54, 1.807) is 11.3 Å². The van der Waals surface area contributed by atoms with Gasteiger partial charge in [0.15, 0.2) is 0 Å². The quantitative estimate of drug-likeness (QED) is 0.893. The fourth-order valence-electron chi connectivity index (χ4n) is 2.95. The summed E-state index contributed by atoms with van der Waals surface area (Å²) in [4.78, 5) is 18.7. The minimum atomic E-state index is -0.441. The molecule has 1 aliphatic rings. The molecule has 1 saturated heterocycles. The van der Waals surface area contributed by atoms with Gasteiger partial charge in [0, 0.05) is 30.9 Å². The number of carbonyl (C=O) groups is 1. The zero-order valence-electron chi connectivity index (χ0n) is 14.9. The van der Waals surface area contributed by atoms with Gasteiger partial charge in [0.1, 0.15) is 5.60 Å². The molecule has 1 fully saturated rings. The second-order valence-electron chi connectivity index (χ2n) is 7.23. The van der Waals surface area contributed by atoms with Crippen molar-refractivity contribution in [2.24, 2.45) is 0 Å². The first-order valence-corrected chi connectivity index (χ1v) is 9.28. The normalized spacial score (nSPS) is 19.9. The number of nitrogens with zero attached hydrogens (tertiary/aromatic N) is 2. The Hall–Kier alpha value is -1.14. The van der Waals surface area contributed by atoms with Crippen LogP contribution < -0.4 is 5.32 Å². The predicted molar refractivity (Wildman–Crippen MR) is 94.0 cm³/mol. The molecule has 1 aromatic rings. The molecule has 0 aliphatic carbocycles. The molecule has 1 amide bonds. The van der Waals surface area contributed by atoms with Crippen LogP contribution in [0.2, 0.25) is 0 Å². The number of carbonyl (C=O) groups excluding carboxylic acids is 1. The monoisotopic (exact) mass is 339 g/mol. The molecule has 0 bridgehead atoms. The molecule has 0 spiro atoms. The van der Waals surface area contributed by atoms with Crippen LogP contribution in [0, 0.1) is 6.92 Å². The van der Waals surface area contributed by atoms with Gasteiger partial charge >= 0.3 is 6.09 Å². The van der Waals surface area contributed by atoms with Crippen molar-refractivity contribution in [3.63, 3.8) is 0 Å². The number of likely N-dealkylation sites (tertiary alicyclic amines) is 1. The zero-order chi connectivity index (χ0) is 17.0. The largest absolute Gasteiger partial charge is 0.444 e. The van der Waals surface area contributed by atoms with Crippen molar-refractivity contribution in [2.45, 2.75) is 71.6 Å². The Morgan fingerprint density at radius 3 is 2.91 bits per heavy atom. The third-order valence-electron chi connectivity index (χ3n) is 4.02. The van der Waals surface area contributed by atoms with Crippen LogP contribution in [-0.4, -0.2) is 46.8 Å². The van der Waals surface area contributed by atoms with Gasteiger partial charge < -0.3 is 15.0 Å². The summed E-state index contributed by atoms with van der Waals surface area (Å²) in [5, 5.41) is 6.77. The summed E-state index contributed by atoms with van der Waals surface area (Å²) in [5.41, 5.74) is 0.700. The molecule has 0 aromatic carbocycles. The average Bonchev–Trinajstić information content (AvgIpc) is 3.05. The summed E-state index contributed by atoms with van der Waals surface area (Å²) in [6.07, 6.45) is 2.81. The van der Waals surface area contributed by atoms with E-state index in [4.69, 9.17) is 4.74 Å². The maximum Gasteiger partial charge on any atom is 0.410 e. The number of aromatic nitrogens is 1. The summed E-state index contributed by atoms with van der Waals surface area (Å²) >= 11 is 1.69. The lowest BCUT2D eigenvalue weighted by Gasteiger charge is -2.32. The summed E-state index contributed by atoms with van der Waals surface area (Å²) in [5.74, 6) is 0. The van der Waals surface area contributed by atoms with Crippen LogP contribution in [0.1, 0.15) is 51.2 Å². The predicted octanol–water partition coefficient (Wildman–Crippen LogP) is 3.37. The summed E-state index contributed by atoms with van der Waals surface area (Å²) < 4.78 is 5.53. The molecule has 2 heterocycles. The van der Waals surface area contributed by atoms with Crippen LogP contribution in [-0.2, 0) is 11.2 Å². The van der Waals surface area contributed by atoms with E-state index >= 15 is 0 Å². The number of thiazole rings is 1. The molecule has 0 saturated carbocycles. The van der Waals surface area contributed by atoms with Gasteiger partial charge in [-0.2, -0.15) is 0 Å². The van der Waals surface area contributed by atoms with Gasteiger partial charge in [-0.05, 0) is 47.5 Å². The maximum atomic E-state index is 12.3. The van der Waals surface area contributed by atoms with E-state index in [0.717, 1.165) is 43.1 Å². The lowest BCUT2D eigenvalue weighted by atomic mass is 10.1. The fraction of sp³-hybridized carbons (Fsp3) is 0.765. The molecule has 0 unspecified atom stereocenters. The standard InChI is InChI=1S/C17H29N3O2S/c1-12(18-9-8-14-11-23-13(2)19-14)15-7-6-10-20(15)16(21)22-17(3,4)5/h11-12,15,18H,6-10H2,1-5H3/t12-,15+/m1/s1. The van der Waals surface area contributed by atoms with Crippen molar-refractivity contribution >= 4 is 17.4 Å². The molecule has 2 atom stereocenters. The Morgan fingerprint density at radius 1 is 1.57 bits per heavy atom. The average molecular weight is 340 g/mol. The van der Waals surface area contributed by atoms with E-state index < -0.39 is 5.60 Å². The molecule has 0 radical (unpaired) electrons. The molecule has 5 nitrogen and oxygen atoms in total. The van der Waals surface area contributed by atoms with E-state index in [-0.39, 0.29) is 18.2 Å². The molecule has 130 valence electrons. The Bertz CT molecular complexity index is 524. The number of amides is 1. The van der Waals surface area contributed by atoms with Crippen LogP contribution in [0.25, 0.3) is 0 Å². The van der Waals surface area contributed by atoms with Crippen LogP contribution >= 0.6 is 11.3 Å². The highest BCUT2D eigenvalue weighted by atomic mass is 32.1. The first kappa shape index (κ1) is 18.2. The third-order valence-corrected chi connectivity index (χ3v) is 4.84. The minimum Gasteiger partial charge on any atom is -0.444 e. The molecule has 1 aliphatic heterocycles. The zero-order valence-corrected chi connectivity index (χ0v) is 15.7. The maximum absolute atomic E-state index is 12.3. The summed E-state index contributed by atoms with van der Waals surface area (Å²) in [6, 6.07) is 0.465. The highest BCUT2D eigenvalue weighted by molar-refractivity contribution is 7.09. The molecular weight excluding hydrogens is 310 g/mol. The Kier molecular flexibility index (Phi) is 6.03. The third kappa shape index (κ3) is 5.46. The molecule has 23 heavy (non-hydrogen) atoms. The van der Waals surface area contributed by atoms with E-state index in [1.807, 2.05) is 32.6 Å². The van der Waals surface area contributed by atoms with E-state index in [9.17, 15) is 4.79 Å². The Balaban J connectivity index is 1.82. The van der Waals surface area contributed by atoms with Crippen LogP contribution in [0.15, 0.2) is 5.38 Å². The van der Waals surface area contributed by atoms with Crippen molar-refractivity contribution < 1.29 is 9.53 Å². The number of hydrogen-bond donors (Lipinski definition) is 1. The summed E-state index contributed by atoms with van der Waals surface area (Å²) in [7, 11) is 0. The first-order valence-electron chi connectivity index (χ1n) is 8.40. The molecule has 6 heteroatoms. The van der Waals surface area contributed by atoms with Gasteiger partial charge in [0.25, 0.3) is 0 Å². The lowest BCUT2D eigenvalue weighted by Crippen LogP contribution is -2.49. The van der Waals surface area contributed by atoms with E-state index in [0.29, 0.717) is 0 Å². The van der Waals surface area contributed by atoms with Gasteiger partial charge in [-0.25, -0.2) is 9.78 Å². The number of aryl methyl sites for hydroxylation is 1. The van der Waals surface area contributed by atoms with Crippen LogP contribution in [0.4, 0.5) is 4.79 Å². The van der Waals surface area contributed by atoms with Crippen molar-refractivity contribution in [2.75, 3.05) is 13.1 Å². The minimum absolute atomic E-state index is 0.191. The second kappa shape index (κ2) is 7.62. The number of ether oxygens (including phenoxy) is 1. The van der Waals surface area contributed by atoms with E-state index in [2.05, 4.69) is 22.6 Å². The van der Waals surface area contributed by atoms with Crippen LogP contribution in [0.5, 0.6) is 0 Å². The van der Waals surface area contributed by atoms with Crippen LogP contribution in [0.3, 0.4) is 0 Å². The first-order chi connectivity index (χ1) is 10.8. The number of hydrogen-bond acceptors (Lipinski definition) is 5. The van der Waals surface area contributed by atoms with Crippen molar-refractivity contribution in [1.82, 2.24) is 15.2 Å². The Labute approximate surface area is 143 Å².